The second-order valence-corrected chi connectivity index (χ2v) is 7.42. The smallest absolute Gasteiger partial charge is 0.269 e. The Morgan fingerprint density at radius 3 is 2.59 bits per heavy atom. The first-order valence-corrected chi connectivity index (χ1v) is 10.1. The van der Waals surface area contributed by atoms with Crippen LogP contribution in [0.25, 0.3) is 0 Å². The van der Waals surface area contributed by atoms with E-state index in [-0.39, 0.29) is 5.91 Å². The van der Waals surface area contributed by atoms with E-state index in [1.807, 2.05) is 12.1 Å². The highest BCUT2D eigenvalue weighted by atomic mass is 32.1. The van der Waals surface area contributed by atoms with Gasteiger partial charge in [-0.3, -0.25) is 15.6 Å². The Morgan fingerprint density at radius 1 is 1.10 bits per heavy atom. The van der Waals surface area contributed by atoms with E-state index in [2.05, 4.69) is 22.2 Å². The van der Waals surface area contributed by atoms with E-state index < -0.39 is 0 Å². The summed E-state index contributed by atoms with van der Waals surface area (Å²) in [4.78, 5) is 12.4. The van der Waals surface area contributed by atoms with E-state index in [9.17, 15) is 4.79 Å². The number of carbonyl (C=O) groups is 1. The molecule has 29 heavy (non-hydrogen) atoms. The summed E-state index contributed by atoms with van der Waals surface area (Å²) >= 11 is 5.27. The largest absolute Gasteiger partial charge is 0.489 e. The first-order chi connectivity index (χ1) is 14.1. The van der Waals surface area contributed by atoms with E-state index in [1.165, 1.54) is 19.3 Å². The maximum Gasteiger partial charge on any atom is 0.269 e. The standard InChI is InChI=1S/C22H24N4O2S/c23-14-16-9-11-20(12-10-16)28-15-17-5-4-6-18(13-17)21(27)25-26-22(29)24-19-7-2-1-3-8-19/h4-6,9-13,19H,1-3,7-8,15H2,(H,25,27)(H2,24,26,29). The van der Waals surface area contributed by atoms with Crippen LogP contribution in [0.1, 0.15) is 53.6 Å². The minimum Gasteiger partial charge on any atom is -0.489 e. The van der Waals surface area contributed by atoms with Gasteiger partial charge < -0.3 is 10.1 Å². The second-order valence-electron chi connectivity index (χ2n) is 7.01. The fraction of sp³-hybridized carbons (Fsp3) is 0.318. The number of hydrogen-bond acceptors (Lipinski definition) is 4. The van der Waals surface area contributed by atoms with Crippen LogP contribution in [0.3, 0.4) is 0 Å². The van der Waals surface area contributed by atoms with Gasteiger partial charge in [0.25, 0.3) is 5.91 Å². The molecule has 1 amide bonds. The fourth-order valence-corrected chi connectivity index (χ4v) is 3.47. The molecule has 0 spiro atoms. The van der Waals surface area contributed by atoms with Crippen LogP contribution in [-0.2, 0) is 6.61 Å². The predicted octanol–water partition coefficient (Wildman–Crippen LogP) is 3.58. The van der Waals surface area contributed by atoms with Gasteiger partial charge in [-0.15, -0.1) is 0 Å². The van der Waals surface area contributed by atoms with Crippen LogP contribution >= 0.6 is 12.2 Å². The number of amides is 1. The number of rotatable bonds is 5. The molecule has 2 aromatic rings. The van der Waals surface area contributed by atoms with Gasteiger partial charge >= 0.3 is 0 Å². The lowest BCUT2D eigenvalue weighted by molar-refractivity contribution is 0.0943. The van der Waals surface area contributed by atoms with Gasteiger partial charge in [0.05, 0.1) is 11.6 Å². The minimum absolute atomic E-state index is 0.266. The molecule has 1 saturated carbocycles. The van der Waals surface area contributed by atoms with Crippen molar-refractivity contribution in [2.45, 2.75) is 44.8 Å². The molecule has 0 atom stereocenters. The van der Waals surface area contributed by atoms with Gasteiger partial charge in [0.15, 0.2) is 5.11 Å². The third-order valence-corrected chi connectivity index (χ3v) is 5.03. The summed E-state index contributed by atoms with van der Waals surface area (Å²) in [7, 11) is 0. The highest BCUT2D eigenvalue weighted by molar-refractivity contribution is 7.80. The summed E-state index contributed by atoms with van der Waals surface area (Å²) in [6.07, 6.45) is 5.92. The monoisotopic (exact) mass is 408 g/mol. The average Bonchev–Trinajstić information content (AvgIpc) is 2.77. The first-order valence-electron chi connectivity index (χ1n) is 9.73. The second kappa shape index (κ2) is 10.4. The van der Waals surface area contributed by atoms with Crippen LogP contribution in [0.4, 0.5) is 0 Å². The Kier molecular flexibility index (Phi) is 7.42. The number of hydrazine groups is 1. The number of nitrogens with zero attached hydrogens (tertiary/aromatic N) is 1. The first kappa shape index (κ1) is 20.6. The minimum atomic E-state index is -0.266. The summed E-state index contributed by atoms with van der Waals surface area (Å²) in [6.45, 7) is 0.322. The highest BCUT2D eigenvalue weighted by Crippen LogP contribution is 2.17. The SMILES string of the molecule is N#Cc1ccc(OCc2cccc(C(=O)NNC(=S)NC3CCCCC3)c2)cc1. The van der Waals surface area contributed by atoms with E-state index in [4.69, 9.17) is 22.2 Å². The van der Waals surface area contributed by atoms with Crippen molar-refractivity contribution in [3.8, 4) is 11.8 Å². The lowest BCUT2D eigenvalue weighted by atomic mass is 9.96. The topological polar surface area (TPSA) is 86.2 Å². The molecule has 0 aliphatic heterocycles. The van der Waals surface area contributed by atoms with Crippen molar-refractivity contribution in [3.63, 3.8) is 0 Å². The van der Waals surface area contributed by atoms with Gasteiger partial charge in [-0.2, -0.15) is 5.26 Å². The molecule has 1 fully saturated rings. The molecule has 0 saturated heterocycles. The summed E-state index contributed by atoms with van der Waals surface area (Å²) in [5.41, 5.74) is 7.38. The summed E-state index contributed by atoms with van der Waals surface area (Å²) in [6, 6.07) is 16.6. The average molecular weight is 409 g/mol. The number of nitriles is 1. The third kappa shape index (κ3) is 6.47. The van der Waals surface area contributed by atoms with Crippen molar-refractivity contribution in [2.24, 2.45) is 0 Å². The Hall–Kier alpha value is -3.11. The van der Waals surface area contributed by atoms with Gasteiger partial charge in [0.1, 0.15) is 12.4 Å². The quantitative estimate of drug-likeness (QED) is 0.518. The van der Waals surface area contributed by atoms with E-state index in [1.54, 1.807) is 36.4 Å². The van der Waals surface area contributed by atoms with Crippen LogP contribution in [0.2, 0.25) is 0 Å². The van der Waals surface area contributed by atoms with Crippen molar-refractivity contribution in [2.75, 3.05) is 0 Å². The normalized spacial score (nSPS) is 13.8. The lowest BCUT2D eigenvalue weighted by Crippen LogP contribution is -2.50. The molecule has 0 heterocycles. The van der Waals surface area contributed by atoms with E-state index in [0.717, 1.165) is 18.4 Å². The molecule has 1 aliphatic carbocycles. The van der Waals surface area contributed by atoms with E-state index in [0.29, 0.717) is 34.6 Å². The lowest BCUT2D eigenvalue weighted by Gasteiger charge is -2.24. The van der Waals surface area contributed by atoms with Crippen molar-refractivity contribution >= 4 is 23.2 Å². The number of ether oxygens (including phenoxy) is 1. The van der Waals surface area contributed by atoms with Crippen LogP contribution in [0.5, 0.6) is 5.75 Å². The van der Waals surface area contributed by atoms with Gasteiger partial charge in [-0.25, -0.2) is 0 Å². The Balaban J connectivity index is 1.48. The summed E-state index contributed by atoms with van der Waals surface area (Å²) < 4.78 is 5.72. The predicted molar refractivity (Wildman–Crippen MR) is 115 cm³/mol. The molecule has 0 radical (unpaired) electrons. The van der Waals surface area contributed by atoms with Gasteiger partial charge in [0, 0.05) is 11.6 Å². The van der Waals surface area contributed by atoms with Crippen LogP contribution < -0.4 is 20.9 Å². The Bertz CT molecular complexity index is 886. The van der Waals surface area contributed by atoms with Crippen LogP contribution in [0, 0.1) is 11.3 Å². The number of hydrogen-bond donors (Lipinski definition) is 3. The highest BCUT2D eigenvalue weighted by Gasteiger charge is 2.14. The zero-order valence-electron chi connectivity index (χ0n) is 16.1. The molecular formula is C22H24N4O2S. The molecule has 150 valence electrons. The molecule has 6 nitrogen and oxygen atoms in total. The van der Waals surface area contributed by atoms with Crippen molar-refractivity contribution in [1.29, 1.82) is 5.26 Å². The summed E-state index contributed by atoms with van der Waals surface area (Å²) in [5, 5.41) is 12.5. The fourth-order valence-electron chi connectivity index (χ4n) is 3.25. The van der Waals surface area contributed by atoms with Gasteiger partial charge in [-0.05, 0) is 67.0 Å². The zero-order valence-corrected chi connectivity index (χ0v) is 16.9. The molecule has 1 aliphatic rings. The molecule has 0 aromatic heterocycles. The number of nitrogens with one attached hydrogen (secondary N) is 3. The van der Waals surface area contributed by atoms with E-state index >= 15 is 0 Å². The number of thiocarbonyl (C=S) groups is 1. The van der Waals surface area contributed by atoms with Crippen molar-refractivity contribution in [1.82, 2.24) is 16.2 Å². The molecular weight excluding hydrogens is 384 g/mol. The molecule has 3 rings (SSSR count). The third-order valence-electron chi connectivity index (χ3n) is 4.81. The molecule has 0 unspecified atom stereocenters. The maximum atomic E-state index is 12.4. The Morgan fingerprint density at radius 2 is 1.86 bits per heavy atom. The van der Waals surface area contributed by atoms with Crippen molar-refractivity contribution in [3.05, 3.63) is 65.2 Å². The zero-order chi connectivity index (χ0) is 20.5. The molecule has 2 aromatic carbocycles. The van der Waals surface area contributed by atoms with Gasteiger partial charge in [0.2, 0.25) is 0 Å². The number of benzene rings is 2. The van der Waals surface area contributed by atoms with Crippen LogP contribution in [-0.4, -0.2) is 17.1 Å². The van der Waals surface area contributed by atoms with Gasteiger partial charge in [-0.1, -0.05) is 31.4 Å². The number of carbonyl (C=O) groups excluding carboxylic acids is 1. The maximum absolute atomic E-state index is 12.4. The molecule has 0 bridgehead atoms. The molecule has 3 N–H and O–H groups in total. The molecule has 7 heteroatoms. The Labute approximate surface area is 176 Å². The van der Waals surface area contributed by atoms with Crippen LogP contribution in [0.15, 0.2) is 48.5 Å². The summed E-state index contributed by atoms with van der Waals surface area (Å²) in [5.74, 6) is 0.401. The van der Waals surface area contributed by atoms with Crippen molar-refractivity contribution < 1.29 is 9.53 Å².